The Kier molecular flexibility index (Phi) is 4.65. The lowest BCUT2D eigenvalue weighted by atomic mass is 9.93. The topological polar surface area (TPSA) is 37.4 Å². The summed E-state index contributed by atoms with van der Waals surface area (Å²) in [7, 11) is 1.75. The molecule has 0 saturated heterocycles. The number of benzene rings is 1. The molecule has 1 aromatic rings. The van der Waals surface area contributed by atoms with Gasteiger partial charge in [-0.25, -0.2) is 0 Å². The summed E-state index contributed by atoms with van der Waals surface area (Å²) in [5, 5.41) is 0. The zero-order valence-electron chi connectivity index (χ0n) is 11.7. The van der Waals surface area contributed by atoms with Crippen molar-refractivity contribution in [1.29, 1.82) is 0 Å². The van der Waals surface area contributed by atoms with Gasteiger partial charge in [0.15, 0.2) is 6.29 Å². The first-order valence-electron chi connectivity index (χ1n) is 6.25. The minimum Gasteiger partial charge on any atom is -0.339 e. The fraction of sp³-hybridized carbons (Fsp3) is 0.467. The van der Waals surface area contributed by atoms with Crippen molar-refractivity contribution in [3.05, 3.63) is 34.9 Å². The van der Waals surface area contributed by atoms with Gasteiger partial charge in [-0.05, 0) is 31.4 Å². The molecule has 0 aliphatic carbocycles. The molecule has 0 aliphatic heterocycles. The zero-order valence-corrected chi connectivity index (χ0v) is 11.7. The Morgan fingerprint density at radius 3 is 2.28 bits per heavy atom. The van der Waals surface area contributed by atoms with E-state index in [0.717, 1.165) is 11.8 Å². The molecule has 0 fully saturated rings. The highest BCUT2D eigenvalue weighted by Gasteiger charge is 2.20. The second-order valence-corrected chi connectivity index (χ2v) is 5.09. The molecule has 3 heteroatoms. The van der Waals surface area contributed by atoms with E-state index in [0.29, 0.717) is 11.1 Å². The number of carbonyl (C=O) groups is 2. The van der Waals surface area contributed by atoms with Crippen LogP contribution in [0.3, 0.4) is 0 Å². The summed E-state index contributed by atoms with van der Waals surface area (Å²) in [6, 6.07) is 5.57. The lowest BCUT2D eigenvalue weighted by molar-refractivity contribution is 0.0752. The standard InChI is InChI=1S/C15H21NO2/c1-10(2)12-7-6-8-13(14(12)9-17)15(18)16(5)11(3)4/h6-11H,1-5H3. The molecule has 0 atom stereocenters. The SMILES string of the molecule is CC(C)c1cccc(C(=O)N(C)C(C)C)c1C=O. The third-order valence-corrected chi connectivity index (χ3v) is 3.21. The molecule has 0 spiro atoms. The van der Waals surface area contributed by atoms with Gasteiger partial charge in [-0.2, -0.15) is 0 Å². The molecular weight excluding hydrogens is 226 g/mol. The Hall–Kier alpha value is -1.64. The maximum absolute atomic E-state index is 12.3. The van der Waals surface area contributed by atoms with Crippen LogP contribution in [0.25, 0.3) is 0 Å². The Balaban J connectivity index is 3.29. The molecule has 0 radical (unpaired) electrons. The Morgan fingerprint density at radius 2 is 1.83 bits per heavy atom. The van der Waals surface area contributed by atoms with E-state index in [1.165, 1.54) is 0 Å². The van der Waals surface area contributed by atoms with Crippen LogP contribution in [-0.2, 0) is 0 Å². The van der Waals surface area contributed by atoms with Gasteiger partial charge in [0, 0.05) is 18.7 Å². The minimum absolute atomic E-state index is 0.102. The summed E-state index contributed by atoms with van der Waals surface area (Å²) < 4.78 is 0. The number of aldehydes is 1. The first-order valence-corrected chi connectivity index (χ1v) is 6.25. The molecular formula is C15H21NO2. The van der Waals surface area contributed by atoms with Crippen LogP contribution in [0.2, 0.25) is 0 Å². The van der Waals surface area contributed by atoms with Gasteiger partial charge in [-0.3, -0.25) is 9.59 Å². The van der Waals surface area contributed by atoms with Gasteiger partial charge >= 0.3 is 0 Å². The van der Waals surface area contributed by atoms with E-state index in [-0.39, 0.29) is 17.9 Å². The number of amides is 1. The van der Waals surface area contributed by atoms with Crippen molar-refractivity contribution in [2.45, 2.75) is 39.7 Å². The van der Waals surface area contributed by atoms with E-state index in [9.17, 15) is 9.59 Å². The highest BCUT2D eigenvalue weighted by Crippen LogP contribution is 2.22. The maximum Gasteiger partial charge on any atom is 0.254 e. The quantitative estimate of drug-likeness (QED) is 0.767. The monoisotopic (exact) mass is 247 g/mol. The summed E-state index contributed by atoms with van der Waals surface area (Å²) in [6.07, 6.45) is 0.788. The summed E-state index contributed by atoms with van der Waals surface area (Å²) in [5.41, 5.74) is 1.94. The molecule has 3 nitrogen and oxygen atoms in total. The third-order valence-electron chi connectivity index (χ3n) is 3.21. The first-order chi connectivity index (χ1) is 8.40. The molecule has 0 N–H and O–H groups in total. The summed E-state index contributed by atoms with van der Waals surface area (Å²) in [5.74, 6) is 0.122. The van der Waals surface area contributed by atoms with Crippen LogP contribution in [0.1, 0.15) is 59.9 Å². The zero-order chi connectivity index (χ0) is 13.9. The fourth-order valence-corrected chi connectivity index (χ4v) is 1.83. The number of hydrogen-bond donors (Lipinski definition) is 0. The number of carbonyl (C=O) groups excluding carboxylic acids is 2. The fourth-order valence-electron chi connectivity index (χ4n) is 1.83. The molecule has 0 saturated carbocycles. The van der Waals surface area contributed by atoms with Gasteiger partial charge in [0.25, 0.3) is 5.91 Å². The lowest BCUT2D eigenvalue weighted by Crippen LogP contribution is -2.33. The van der Waals surface area contributed by atoms with Crippen molar-refractivity contribution in [3.8, 4) is 0 Å². The van der Waals surface area contributed by atoms with Crippen LogP contribution in [0.15, 0.2) is 18.2 Å². The minimum atomic E-state index is -0.102. The second kappa shape index (κ2) is 5.80. The van der Waals surface area contributed by atoms with E-state index in [1.54, 1.807) is 18.0 Å². The van der Waals surface area contributed by atoms with Gasteiger partial charge in [0.1, 0.15) is 0 Å². The van der Waals surface area contributed by atoms with Crippen molar-refractivity contribution >= 4 is 12.2 Å². The molecule has 1 amide bonds. The first kappa shape index (κ1) is 14.4. The van der Waals surface area contributed by atoms with Gasteiger partial charge in [-0.15, -0.1) is 0 Å². The second-order valence-electron chi connectivity index (χ2n) is 5.09. The molecule has 0 aliphatic rings. The van der Waals surface area contributed by atoms with E-state index in [1.807, 2.05) is 39.8 Å². The average Bonchev–Trinajstić information content (AvgIpc) is 2.35. The number of nitrogens with zero attached hydrogens (tertiary/aromatic N) is 1. The average molecular weight is 247 g/mol. The Morgan fingerprint density at radius 1 is 1.22 bits per heavy atom. The van der Waals surface area contributed by atoms with Crippen LogP contribution >= 0.6 is 0 Å². The predicted molar refractivity (Wildman–Crippen MR) is 73.1 cm³/mol. The Bertz CT molecular complexity index is 450. The van der Waals surface area contributed by atoms with Crippen molar-refractivity contribution in [2.75, 3.05) is 7.05 Å². The van der Waals surface area contributed by atoms with Crippen molar-refractivity contribution in [1.82, 2.24) is 4.90 Å². The van der Waals surface area contributed by atoms with Gasteiger partial charge in [-0.1, -0.05) is 26.0 Å². The summed E-state index contributed by atoms with van der Waals surface area (Å²) >= 11 is 0. The molecule has 0 heterocycles. The van der Waals surface area contributed by atoms with Crippen LogP contribution in [0, 0.1) is 0 Å². The highest BCUT2D eigenvalue weighted by molar-refractivity contribution is 6.02. The third kappa shape index (κ3) is 2.78. The lowest BCUT2D eigenvalue weighted by Gasteiger charge is -2.23. The number of rotatable bonds is 4. The van der Waals surface area contributed by atoms with Crippen LogP contribution in [-0.4, -0.2) is 30.2 Å². The van der Waals surface area contributed by atoms with E-state index in [4.69, 9.17) is 0 Å². The number of hydrogen-bond acceptors (Lipinski definition) is 2. The van der Waals surface area contributed by atoms with Crippen LogP contribution in [0.5, 0.6) is 0 Å². The van der Waals surface area contributed by atoms with Gasteiger partial charge < -0.3 is 4.90 Å². The van der Waals surface area contributed by atoms with E-state index < -0.39 is 0 Å². The van der Waals surface area contributed by atoms with Gasteiger partial charge in [0.05, 0.1) is 5.56 Å². The summed E-state index contributed by atoms with van der Waals surface area (Å²) in [4.78, 5) is 25.2. The molecule has 1 aromatic carbocycles. The normalized spacial score (nSPS) is 10.8. The van der Waals surface area contributed by atoms with Crippen molar-refractivity contribution in [2.24, 2.45) is 0 Å². The molecule has 0 unspecified atom stereocenters. The van der Waals surface area contributed by atoms with E-state index in [2.05, 4.69) is 0 Å². The predicted octanol–water partition coefficient (Wildman–Crippen LogP) is 3.10. The van der Waals surface area contributed by atoms with Crippen molar-refractivity contribution in [3.63, 3.8) is 0 Å². The molecule has 1 rings (SSSR count). The molecule has 0 bridgehead atoms. The Labute approximate surface area is 109 Å². The van der Waals surface area contributed by atoms with Gasteiger partial charge in [0.2, 0.25) is 0 Å². The van der Waals surface area contributed by atoms with Crippen molar-refractivity contribution < 1.29 is 9.59 Å². The summed E-state index contributed by atoms with van der Waals surface area (Å²) in [6.45, 7) is 7.93. The largest absolute Gasteiger partial charge is 0.339 e. The van der Waals surface area contributed by atoms with E-state index >= 15 is 0 Å². The van der Waals surface area contributed by atoms with Crippen LogP contribution in [0.4, 0.5) is 0 Å². The molecule has 0 aromatic heterocycles. The highest BCUT2D eigenvalue weighted by atomic mass is 16.2. The van der Waals surface area contributed by atoms with Crippen LogP contribution < -0.4 is 0 Å². The maximum atomic E-state index is 12.3. The smallest absolute Gasteiger partial charge is 0.254 e. The molecule has 98 valence electrons. The molecule has 18 heavy (non-hydrogen) atoms.